The second kappa shape index (κ2) is 13.4. The molecule has 2 unspecified atom stereocenters. The summed E-state index contributed by atoms with van der Waals surface area (Å²) in [7, 11) is 0. The molecular weight excluding hydrogens is 460 g/mol. The standard InChI is InChI=1S/C27H34N4O5/c1-17(2)31(18(3)4)16-24(33)28-23-14-10-21(11-15-23)7-6-20-8-12-22(13-9-20)26(34)29-25(19(5)32)27(35)30-36/h8-15,17-19,25,32,36H,16H2,1-5H3,(H,28,33)(H,29,34)(H,30,35). The first-order valence-electron chi connectivity index (χ1n) is 11.7. The zero-order chi connectivity index (χ0) is 26.8. The molecule has 5 N–H and O–H groups in total. The van der Waals surface area contributed by atoms with Crippen LogP contribution in [0.25, 0.3) is 0 Å². The minimum absolute atomic E-state index is 0.0721. The van der Waals surface area contributed by atoms with Crippen LogP contribution < -0.4 is 16.1 Å². The Morgan fingerprint density at radius 1 is 0.861 bits per heavy atom. The van der Waals surface area contributed by atoms with Gasteiger partial charge in [-0.05, 0) is 83.1 Å². The molecule has 3 amide bonds. The molecule has 2 aromatic carbocycles. The Labute approximate surface area is 211 Å². The van der Waals surface area contributed by atoms with Crippen molar-refractivity contribution >= 4 is 23.4 Å². The van der Waals surface area contributed by atoms with Gasteiger partial charge in [-0.1, -0.05) is 11.8 Å². The minimum atomic E-state index is -1.29. The zero-order valence-corrected chi connectivity index (χ0v) is 21.2. The van der Waals surface area contributed by atoms with E-state index in [1.807, 2.05) is 12.1 Å². The highest BCUT2D eigenvalue weighted by Gasteiger charge is 2.25. The van der Waals surface area contributed by atoms with Crippen molar-refractivity contribution in [3.05, 3.63) is 65.2 Å². The third kappa shape index (κ3) is 8.50. The number of amides is 3. The van der Waals surface area contributed by atoms with Crippen LogP contribution in [0.1, 0.15) is 56.1 Å². The predicted molar refractivity (Wildman–Crippen MR) is 137 cm³/mol. The Bertz CT molecular complexity index is 1090. The van der Waals surface area contributed by atoms with E-state index in [0.717, 1.165) is 5.56 Å². The van der Waals surface area contributed by atoms with Gasteiger partial charge in [0, 0.05) is 34.5 Å². The maximum absolute atomic E-state index is 12.4. The second-order valence-corrected chi connectivity index (χ2v) is 8.98. The van der Waals surface area contributed by atoms with Crippen molar-refractivity contribution in [2.75, 3.05) is 11.9 Å². The first-order valence-corrected chi connectivity index (χ1v) is 11.7. The van der Waals surface area contributed by atoms with Gasteiger partial charge in [-0.3, -0.25) is 24.5 Å². The lowest BCUT2D eigenvalue weighted by atomic mass is 10.1. The highest BCUT2D eigenvalue weighted by Crippen LogP contribution is 2.11. The first kappa shape index (κ1) is 28.5. The molecule has 0 aromatic heterocycles. The van der Waals surface area contributed by atoms with Crippen LogP contribution in [0, 0.1) is 11.8 Å². The van der Waals surface area contributed by atoms with E-state index in [1.165, 1.54) is 12.4 Å². The number of hydrogen-bond acceptors (Lipinski definition) is 6. The number of hydroxylamine groups is 1. The van der Waals surface area contributed by atoms with Crippen molar-refractivity contribution < 1.29 is 24.7 Å². The van der Waals surface area contributed by atoms with Crippen LogP contribution in [-0.4, -0.2) is 63.7 Å². The molecule has 9 heteroatoms. The minimum Gasteiger partial charge on any atom is -0.391 e. The third-order valence-electron chi connectivity index (χ3n) is 5.48. The van der Waals surface area contributed by atoms with E-state index >= 15 is 0 Å². The number of anilines is 1. The fourth-order valence-electron chi connectivity index (χ4n) is 3.51. The summed E-state index contributed by atoms with van der Waals surface area (Å²) in [6.45, 7) is 9.90. The molecule has 2 atom stereocenters. The molecule has 0 radical (unpaired) electrons. The summed E-state index contributed by atoms with van der Waals surface area (Å²) in [6.07, 6.45) is -1.19. The van der Waals surface area contributed by atoms with Crippen LogP contribution >= 0.6 is 0 Å². The van der Waals surface area contributed by atoms with Crippen LogP contribution in [0.2, 0.25) is 0 Å². The van der Waals surface area contributed by atoms with Gasteiger partial charge in [-0.2, -0.15) is 0 Å². The highest BCUT2D eigenvalue weighted by molar-refractivity contribution is 5.97. The van der Waals surface area contributed by atoms with E-state index in [1.54, 1.807) is 36.4 Å². The highest BCUT2D eigenvalue weighted by atomic mass is 16.5. The largest absolute Gasteiger partial charge is 0.391 e. The molecule has 2 aromatic rings. The number of carbonyl (C=O) groups excluding carboxylic acids is 3. The Balaban J connectivity index is 1.99. The number of rotatable bonds is 9. The lowest BCUT2D eigenvalue weighted by molar-refractivity contribution is -0.133. The van der Waals surface area contributed by atoms with Gasteiger partial charge in [0.05, 0.1) is 12.6 Å². The van der Waals surface area contributed by atoms with Crippen LogP contribution in [0.5, 0.6) is 0 Å². The number of aliphatic hydroxyl groups excluding tert-OH is 1. The molecule has 0 bridgehead atoms. The van der Waals surface area contributed by atoms with Gasteiger partial charge in [0.1, 0.15) is 6.04 Å². The molecule has 0 saturated heterocycles. The molecule has 0 saturated carbocycles. The van der Waals surface area contributed by atoms with E-state index in [-0.39, 0.29) is 23.6 Å². The molecule has 0 aliphatic carbocycles. The van der Waals surface area contributed by atoms with Crippen molar-refractivity contribution in [1.82, 2.24) is 15.7 Å². The molecule has 0 aliphatic heterocycles. The molecule has 9 nitrogen and oxygen atoms in total. The lowest BCUT2D eigenvalue weighted by Gasteiger charge is -2.29. The van der Waals surface area contributed by atoms with Crippen molar-refractivity contribution in [3.8, 4) is 11.8 Å². The van der Waals surface area contributed by atoms with Crippen molar-refractivity contribution in [1.29, 1.82) is 0 Å². The first-order chi connectivity index (χ1) is 17.0. The Morgan fingerprint density at radius 3 is 1.81 bits per heavy atom. The number of hydrogen-bond donors (Lipinski definition) is 5. The molecule has 0 fully saturated rings. The van der Waals surface area contributed by atoms with E-state index in [4.69, 9.17) is 5.21 Å². The van der Waals surface area contributed by atoms with Gasteiger partial charge in [0.25, 0.3) is 11.8 Å². The number of benzene rings is 2. The summed E-state index contributed by atoms with van der Waals surface area (Å²) >= 11 is 0. The Kier molecular flexibility index (Phi) is 10.6. The van der Waals surface area contributed by atoms with Crippen LogP contribution in [-0.2, 0) is 9.59 Å². The fourth-order valence-corrected chi connectivity index (χ4v) is 3.51. The molecule has 0 aliphatic rings. The number of nitrogens with zero attached hydrogens (tertiary/aromatic N) is 1. The Morgan fingerprint density at radius 2 is 1.36 bits per heavy atom. The van der Waals surface area contributed by atoms with Gasteiger partial charge in [0.15, 0.2) is 0 Å². The third-order valence-corrected chi connectivity index (χ3v) is 5.48. The quantitative estimate of drug-likeness (QED) is 0.206. The summed E-state index contributed by atoms with van der Waals surface area (Å²) in [6, 6.07) is 12.9. The molecule has 0 heterocycles. The predicted octanol–water partition coefficient (Wildman–Crippen LogP) is 2.13. The summed E-state index contributed by atoms with van der Waals surface area (Å²) in [4.78, 5) is 38.4. The normalized spacial score (nSPS) is 12.5. The molecule has 0 spiro atoms. The summed E-state index contributed by atoms with van der Waals surface area (Å²) in [5, 5.41) is 23.7. The van der Waals surface area contributed by atoms with Gasteiger partial charge < -0.3 is 15.7 Å². The molecular formula is C27H34N4O5. The number of nitrogens with one attached hydrogen (secondary N) is 3. The SMILES string of the molecule is CC(O)C(NC(=O)c1ccc(C#Cc2ccc(NC(=O)CN(C(C)C)C(C)C)cc2)cc1)C(=O)NO. The van der Waals surface area contributed by atoms with Crippen molar-refractivity contribution in [3.63, 3.8) is 0 Å². The zero-order valence-electron chi connectivity index (χ0n) is 21.2. The number of aliphatic hydroxyl groups is 1. The average Bonchev–Trinajstić information content (AvgIpc) is 2.84. The van der Waals surface area contributed by atoms with E-state index < -0.39 is 24.0 Å². The van der Waals surface area contributed by atoms with Gasteiger partial charge in [-0.25, -0.2) is 5.48 Å². The molecule has 192 valence electrons. The van der Waals surface area contributed by atoms with Gasteiger partial charge in [-0.15, -0.1) is 0 Å². The van der Waals surface area contributed by atoms with E-state index in [9.17, 15) is 19.5 Å². The van der Waals surface area contributed by atoms with Gasteiger partial charge in [0.2, 0.25) is 5.91 Å². The van der Waals surface area contributed by atoms with Crippen LogP contribution in [0.4, 0.5) is 5.69 Å². The maximum Gasteiger partial charge on any atom is 0.268 e. The number of carbonyl (C=O) groups is 3. The molecule has 36 heavy (non-hydrogen) atoms. The Hall–Kier alpha value is -3.71. The van der Waals surface area contributed by atoms with Crippen LogP contribution in [0.15, 0.2) is 48.5 Å². The second-order valence-electron chi connectivity index (χ2n) is 8.98. The molecule has 2 rings (SSSR count). The van der Waals surface area contributed by atoms with E-state index in [2.05, 4.69) is 55.1 Å². The van der Waals surface area contributed by atoms with Crippen LogP contribution in [0.3, 0.4) is 0 Å². The monoisotopic (exact) mass is 494 g/mol. The van der Waals surface area contributed by atoms with E-state index in [0.29, 0.717) is 17.8 Å². The summed E-state index contributed by atoms with van der Waals surface area (Å²) < 4.78 is 0. The average molecular weight is 495 g/mol. The smallest absolute Gasteiger partial charge is 0.268 e. The maximum atomic E-state index is 12.4. The van der Waals surface area contributed by atoms with Crippen molar-refractivity contribution in [2.45, 2.75) is 58.8 Å². The van der Waals surface area contributed by atoms with Gasteiger partial charge >= 0.3 is 0 Å². The lowest BCUT2D eigenvalue weighted by Crippen LogP contribution is -2.51. The fraction of sp³-hybridized carbons (Fsp3) is 0.370. The summed E-state index contributed by atoms with van der Waals surface area (Å²) in [5.41, 5.74) is 3.81. The van der Waals surface area contributed by atoms with Crippen molar-refractivity contribution in [2.24, 2.45) is 0 Å². The summed E-state index contributed by atoms with van der Waals surface area (Å²) in [5.74, 6) is 4.48. The topological polar surface area (TPSA) is 131 Å².